The molecular weight excluding hydrogens is 907 g/mol. The van der Waals surface area contributed by atoms with Crippen LogP contribution in [0.1, 0.15) is 111 Å². The minimum atomic E-state index is -0.789. The van der Waals surface area contributed by atoms with Gasteiger partial charge < -0.3 is 80.5 Å². The van der Waals surface area contributed by atoms with E-state index in [-0.39, 0.29) is 110 Å². The second kappa shape index (κ2) is 32.5. The van der Waals surface area contributed by atoms with Crippen molar-refractivity contribution < 1.29 is 74.2 Å². The van der Waals surface area contributed by atoms with Gasteiger partial charge in [0.2, 0.25) is 11.8 Å². The van der Waals surface area contributed by atoms with Crippen LogP contribution in [0.4, 0.5) is 0 Å². The maximum Gasteiger partial charge on any atom is 0.220 e. The van der Waals surface area contributed by atoms with Gasteiger partial charge in [-0.05, 0) is 116 Å². The first-order valence-corrected chi connectivity index (χ1v) is 25.9. The molecule has 1 aromatic rings. The standard InChI is InChI=1S/C28H46N2O6.C23H41NO8.CH4O/c1-4-23-27(33)21(18(2)35-23)11-10-20(15-29-3)16-30-26(32)13-12-22-24(36-25(17-31)28(22)34)14-19-8-6-5-7-9-19;1-13(27)9-16(6-7-18-15(3)32-20(12-26)23(18)30)10-21(28)24-8-4-5-17-14(2)31-19(11-25)22(17)29;1-2/h5-9,18,20-25,27-29,31,33-34H,4,10-17H2,1-3H3,(H,30,32);14-20,22-23,25-26,29-30H,4-12H2,1-3H3,(H,24,28);2H,1H3/t18-,20?,21+,22+,23+,24-,25+,27?,28?;14-,15-,16?,17+,18+,19+,20+,22?,23?;/m00./s1. The van der Waals surface area contributed by atoms with Crippen molar-refractivity contribution in [3.8, 4) is 0 Å². The predicted octanol–water partition coefficient (Wildman–Crippen LogP) is 1.42. The molecule has 2 amide bonds. The average molecular weight is 998 g/mol. The maximum absolute atomic E-state index is 12.7. The van der Waals surface area contributed by atoms with Gasteiger partial charge in [-0.25, -0.2) is 0 Å². The summed E-state index contributed by atoms with van der Waals surface area (Å²) in [5.41, 5.74) is 1.11. The molecule has 18 heteroatoms. The topological polar surface area (TPSA) is 286 Å². The van der Waals surface area contributed by atoms with E-state index in [4.69, 9.17) is 24.1 Å². The highest BCUT2D eigenvalue weighted by atomic mass is 16.5. The fourth-order valence-electron chi connectivity index (χ4n) is 11.0. The number of ether oxygens (including phenoxy) is 4. The minimum absolute atomic E-state index is 0.0231. The third-order valence-corrected chi connectivity index (χ3v) is 15.0. The summed E-state index contributed by atoms with van der Waals surface area (Å²) in [5.74, 6) is -0.292. The number of aliphatic hydroxyl groups excluding tert-OH is 8. The van der Waals surface area contributed by atoms with Crippen molar-refractivity contribution in [2.45, 2.75) is 185 Å². The molecule has 404 valence electrons. The van der Waals surface area contributed by atoms with E-state index in [0.717, 1.165) is 38.5 Å². The Kier molecular flexibility index (Phi) is 28.6. The van der Waals surface area contributed by atoms with E-state index >= 15 is 0 Å². The van der Waals surface area contributed by atoms with Crippen LogP contribution in [0, 0.1) is 35.5 Å². The Balaban J connectivity index is 0.000000360. The second-order valence-electron chi connectivity index (χ2n) is 20.0. The third-order valence-electron chi connectivity index (χ3n) is 15.0. The number of Topliss-reactive ketones (excluding diaryl/α,β-unsaturated/α-hetero) is 1. The van der Waals surface area contributed by atoms with Gasteiger partial charge in [0.15, 0.2) is 0 Å². The van der Waals surface area contributed by atoms with Crippen LogP contribution < -0.4 is 16.0 Å². The van der Waals surface area contributed by atoms with Gasteiger partial charge in [0.1, 0.15) is 24.1 Å². The van der Waals surface area contributed by atoms with Crippen LogP contribution in [0.25, 0.3) is 0 Å². The molecule has 0 radical (unpaired) electrons. The lowest BCUT2D eigenvalue weighted by Crippen LogP contribution is -2.36. The molecule has 4 fully saturated rings. The van der Waals surface area contributed by atoms with Gasteiger partial charge in [0, 0.05) is 63.1 Å². The molecule has 18 nitrogen and oxygen atoms in total. The zero-order chi connectivity index (χ0) is 51.9. The molecule has 18 atom stereocenters. The van der Waals surface area contributed by atoms with Gasteiger partial charge in [-0.3, -0.25) is 9.59 Å². The number of aliphatic hydroxyl groups is 8. The Morgan fingerprint density at radius 1 is 0.600 bits per heavy atom. The first kappa shape index (κ1) is 61.6. The Morgan fingerprint density at radius 2 is 1.10 bits per heavy atom. The number of hydrogen-bond acceptors (Lipinski definition) is 16. The number of ketones is 1. The van der Waals surface area contributed by atoms with Crippen LogP contribution >= 0.6 is 0 Å². The largest absolute Gasteiger partial charge is 0.400 e. The molecule has 5 rings (SSSR count). The number of hydrogen-bond donors (Lipinski definition) is 11. The van der Waals surface area contributed by atoms with E-state index < -0.39 is 42.7 Å². The highest BCUT2D eigenvalue weighted by Gasteiger charge is 2.44. The van der Waals surface area contributed by atoms with Gasteiger partial charge in [-0.2, -0.15) is 0 Å². The van der Waals surface area contributed by atoms with E-state index in [1.807, 2.05) is 65.1 Å². The van der Waals surface area contributed by atoms with Crippen molar-refractivity contribution in [2.24, 2.45) is 35.5 Å². The molecule has 0 saturated carbocycles. The number of amides is 2. The summed E-state index contributed by atoms with van der Waals surface area (Å²) < 4.78 is 23.0. The summed E-state index contributed by atoms with van der Waals surface area (Å²) in [6.45, 7) is 10.5. The van der Waals surface area contributed by atoms with Crippen molar-refractivity contribution in [2.75, 3.05) is 53.6 Å². The van der Waals surface area contributed by atoms with E-state index in [9.17, 15) is 50.1 Å². The van der Waals surface area contributed by atoms with Crippen LogP contribution in [-0.2, 0) is 39.8 Å². The molecule has 6 unspecified atom stereocenters. The minimum Gasteiger partial charge on any atom is -0.400 e. The first-order chi connectivity index (χ1) is 33.5. The van der Waals surface area contributed by atoms with Crippen molar-refractivity contribution in [3.63, 3.8) is 0 Å². The quantitative estimate of drug-likeness (QED) is 0.0556. The second-order valence-corrected chi connectivity index (χ2v) is 20.0. The van der Waals surface area contributed by atoms with Gasteiger partial charge in [0.25, 0.3) is 0 Å². The van der Waals surface area contributed by atoms with Crippen molar-refractivity contribution in [1.29, 1.82) is 0 Å². The van der Waals surface area contributed by atoms with Crippen LogP contribution in [0.15, 0.2) is 30.3 Å². The first-order valence-electron chi connectivity index (χ1n) is 25.9. The number of rotatable bonds is 27. The Morgan fingerprint density at radius 3 is 1.60 bits per heavy atom. The molecule has 4 aliphatic rings. The Hall–Kier alpha value is -2.69. The van der Waals surface area contributed by atoms with Gasteiger partial charge in [0.05, 0.1) is 74.8 Å². The van der Waals surface area contributed by atoms with E-state index in [1.54, 1.807) is 0 Å². The summed E-state index contributed by atoms with van der Waals surface area (Å²) in [4.78, 5) is 36.8. The summed E-state index contributed by atoms with van der Waals surface area (Å²) in [6.07, 6.45) is 2.12. The van der Waals surface area contributed by atoms with Gasteiger partial charge >= 0.3 is 0 Å². The normalized spacial score (nSPS) is 33.4. The molecule has 0 bridgehead atoms. The van der Waals surface area contributed by atoms with E-state index in [1.165, 1.54) is 6.92 Å². The van der Waals surface area contributed by atoms with Crippen LogP contribution in [0.3, 0.4) is 0 Å². The highest BCUT2D eigenvalue weighted by molar-refractivity contribution is 5.79. The number of benzene rings is 1. The highest BCUT2D eigenvalue weighted by Crippen LogP contribution is 2.36. The number of nitrogens with one attached hydrogen (secondary N) is 3. The lowest BCUT2D eigenvalue weighted by molar-refractivity contribution is -0.123. The molecule has 1 aromatic carbocycles. The Bertz CT molecular complexity index is 1620. The number of carbonyl (C=O) groups is 3. The zero-order valence-electron chi connectivity index (χ0n) is 42.9. The third kappa shape index (κ3) is 19.0. The molecule has 0 spiro atoms. The summed E-state index contributed by atoms with van der Waals surface area (Å²) in [7, 11) is 2.91. The van der Waals surface area contributed by atoms with Gasteiger partial charge in [-0.15, -0.1) is 0 Å². The van der Waals surface area contributed by atoms with Crippen molar-refractivity contribution >= 4 is 17.6 Å². The lowest BCUT2D eigenvalue weighted by Gasteiger charge is -2.23. The SMILES string of the molecule is CC(=O)CC(CC[C@H]1C(O)[C@@H](CO)O[C@H]1C)CC(=O)NCCC[C@H]1C(O)[C@@H](CO)O[C@H]1C.CC[C@H]1O[C@@H](C)[C@@H](CCC(CNC)CNC(=O)CC[C@H]2C(O)[C@@H](CO)O[C@H]2Cc2ccccc2)C1O.CO. The van der Waals surface area contributed by atoms with Crippen LogP contribution in [0.2, 0.25) is 0 Å². The predicted molar refractivity (Wildman–Crippen MR) is 263 cm³/mol. The summed E-state index contributed by atoms with van der Waals surface area (Å²) in [6, 6.07) is 9.94. The molecule has 0 aliphatic carbocycles. The number of carbonyl (C=O) groups excluding carboxylic acids is 3. The van der Waals surface area contributed by atoms with Gasteiger partial charge in [-0.1, -0.05) is 37.3 Å². The maximum atomic E-state index is 12.7. The van der Waals surface area contributed by atoms with Crippen molar-refractivity contribution in [3.05, 3.63) is 35.9 Å². The fraction of sp³-hybridized carbons (Fsp3) is 0.827. The molecule has 70 heavy (non-hydrogen) atoms. The monoisotopic (exact) mass is 998 g/mol. The smallest absolute Gasteiger partial charge is 0.220 e. The summed E-state index contributed by atoms with van der Waals surface area (Å²) >= 11 is 0. The fourth-order valence-corrected chi connectivity index (χ4v) is 11.0. The zero-order valence-corrected chi connectivity index (χ0v) is 42.9. The molecule has 0 aromatic heterocycles. The molecular formula is C52H91N3O15. The Labute approximate surface area is 416 Å². The van der Waals surface area contributed by atoms with Crippen LogP contribution in [0.5, 0.6) is 0 Å². The van der Waals surface area contributed by atoms with Crippen LogP contribution in [-0.4, -0.2) is 185 Å². The molecule has 11 N–H and O–H groups in total. The average Bonchev–Trinajstić information content (AvgIpc) is 4.00. The molecule has 4 saturated heterocycles. The van der Waals surface area contributed by atoms with E-state index in [2.05, 4.69) is 16.0 Å². The lowest BCUT2D eigenvalue weighted by atomic mass is 9.85. The molecule has 4 aliphatic heterocycles. The molecule has 4 heterocycles. The van der Waals surface area contributed by atoms with Crippen molar-refractivity contribution in [1.82, 2.24) is 16.0 Å². The summed E-state index contributed by atoms with van der Waals surface area (Å²) in [5, 5.41) is 86.1. The van der Waals surface area contributed by atoms with E-state index in [0.29, 0.717) is 64.5 Å².